The molecule has 1 N–H and O–H groups in total. The highest BCUT2D eigenvalue weighted by atomic mass is 16.7. The van der Waals surface area contributed by atoms with Gasteiger partial charge in [0.25, 0.3) is 0 Å². The highest BCUT2D eigenvalue weighted by molar-refractivity contribution is 4.96. The first-order valence-electron chi connectivity index (χ1n) is 8.87. The van der Waals surface area contributed by atoms with Gasteiger partial charge in [-0.05, 0) is 25.9 Å². The number of ether oxygens (including phenoxy) is 2. The van der Waals surface area contributed by atoms with Crippen molar-refractivity contribution in [3.63, 3.8) is 0 Å². The van der Waals surface area contributed by atoms with Crippen molar-refractivity contribution >= 4 is 0 Å². The van der Waals surface area contributed by atoms with Crippen LogP contribution >= 0.6 is 0 Å². The third-order valence-electron chi connectivity index (χ3n) is 5.53. The molecule has 1 aliphatic carbocycles. The van der Waals surface area contributed by atoms with E-state index in [2.05, 4.69) is 38.0 Å². The van der Waals surface area contributed by atoms with Gasteiger partial charge in [-0.1, -0.05) is 33.6 Å². The zero-order valence-corrected chi connectivity index (χ0v) is 14.4. The number of nitrogens with one attached hydrogen (secondary N) is 1. The fourth-order valence-electron chi connectivity index (χ4n) is 3.99. The number of hydrogen-bond acceptors (Lipinski definition) is 4. The van der Waals surface area contributed by atoms with Gasteiger partial charge in [0.2, 0.25) is 0 Å². The molecule has 0 radical (unpaired) electrons. The normalized spacial score (nSPS) is 28.9. The molecule has 1 saturated heterocycles. The first-order valence-corrected chi connectivity index (χ1v) is 8.87. The molecule has 2 fully saturated rings. The van der Waals surface area contributed by atoms with Crippen molar-refractivity contribution in [1.29, 1.82) is 0 Å². The number of rotatable bonds is 7. The van der Waals surface area contributed by atoms with Gasteiger partial charge in [-0.3, -0.25) is 4.90 Å². The molecule has 0 aromatic heterocycles. The van der Waals surface area contributed by atoms with Gasteiger partial charge in [0, 0.05) is 31.5 Å². The molecule has 1 saturated carbocycles. The van der Waals surface area contributed by atoms with Crippen molar-refractivity contribution in [3.8, 4) is 0 Å². The average molecular weight is 298 g/mol. The summed E-state index contributed by atoms with van der Waals surface area (Å²) in [7, 11) is 2.09. The largest absolute Gasteiger partial charge is 0.347 e. The second kappa shape index (κ2) is 7.91. The second-order valence-electron chi connectivity index (χ2n) is 6.58. The van der Waals surface area contributed by atoms with Crippen molar-refractivity contribution < 1.29 is 9.47 Å². The first kappa shape index (κ1) is 17.2. The molecule has 0 aromatic carbocycles. The summed E-state index contributed by atoms with van der Waals surface area (Å²) in [6.07, 6.45) is 5.70. The fraction of sp³-hybridized carbons (Fsp3) is 1.00. The summed E-state index contributed by atoms with van der Waals surface area (Å²) in [6, 6.07) is 1.07. The maximum atomic E-state index is 5.98. The molecule has 2 rings (SSSR count). The highest BCUT2D eigenvalue weighted by Crippen LogP contribution is 2.38. The van der Waals surface area contributed by atoms with Crippen molar-refractivity contribution in [2.75, 3.05) is 33.4 Å². The second-order valence-corrected chi connectivity index (χ2v) is 6.58. The molecule has 2 atom stereocenters. The standard InChI is InChI=1S/C17H34N2O2/c1-5-14(6-2)13-19(7-3)16-12-17(20-10-11-21-17)9-8-15(16)18-4/h14-16,18H,5-13H2,1-4H3. The van der Waals surface area contributed by atoms with E-state index in [-0.39, 0.29) is 5.79 Å². The van der Waals surface area contributed by atoms with Gasteiger partial charge in [-0.25, -0.2) is 0 Å². The van der Waals surface area contributed by atoms with Gasteiger partial charge in [-0.2, -0.15) is 0 Å². The van der Waals surface area contributed by atoms with Crippen LogP contribution in [0.2, 0.25) is 0 Å². The van der Waals surface area contributed by atoms with E-state index in [0.29, 0.717) is 12.1 Å². The van der Waals surface area contributed by atoms with Crippen LogP contribution in [-0.4, -0.2) is 56.1 Å². The zero-order valence-electron chi connectivity index (χ0n) is 14.4. The van der Waals surface area contributed by atoms with Crippen LogP contribution in [0.15, 0.2) is 0 Å². The van der Waals surface area contributed by atoms with Crippen molar-refractivity contribution in [3.05, 3.63) is 0 Å². The molecule has 0 aromatic rings. The molecule has 0 bridgehead atoms. The topological polar surface area (TPSA) is 33.7 Å². The van der Waals surface area contributed by atoms with Gasteiger partial charge in [0.15, 0.2) is 5.79 Å². The van der Waals surface area contributed by atoms with Gasteiger partial charge in [0.1, 0.15) is 0 Å². The van der Waals surface area contributed by atoms with E-state index in [1.807, 2.05) is 0 Å². The Morgan fingerprint density at radius 3 is 2.38 bits per heavy atom. The lowest BCUT2D eigenvalue weighted by molar-refractivity contribution is -0.193. The van der Waals surface area contributed by atoms with Crippen LogP contribution in [0.1, 0.15) is 52.9 Å². The minimum absolute atomic E-state index is 0.292. The maximum Gasteiger partial charge on any atom is 0.170 e. The van der Waals surface area contributed by atoms with E-state index in [4.69, 9.17) is 9.47 Å². The average Bonchev–Trinajstić information content (AvgIpc) is 2.97. The van der Waals surface area contributed by atoms with Crippen molar-refractivity contribution in [1.82, 2.24) is 10.2 Å². The Balaban J connectivity index is 2.06. The Kier molecular flexibility index (Phi) is 6.48. The van der Waals surface area contributed by atoms with E-state index in [9.17, 15) is 0 Å². The number of hydrogen-bond donors (Lipinski definition) is 1. The van der Waals surface area contributed by atoms with E-state index in [0.717, 1.165) is 44.9 Å². The molecule has 4 heteroatoms. The lowest BCUT2D eigenvalue weighted by atomic mass is 9.84. The summed E-state index contributed by atoms with van der Waals surface area (Å²) in [5.41, 5.74) is 0. The molecule has 1 aliphatic heterocycles. The van der Waals surface area contributed by atoms with Crippen molar-refractivity contribution in [2.45, 2.75) is 70.7 Å². The van der Waals surface area contributed by atoms with Crippen LogP contribution in [0.5, 0.6) is 0 Å². The third-order valence-corrected chi connectivity index (χ3v) is 5.53. The number of nitrogens with zero attached hydrogens (tertiary/aromatic N) is 1. The summed E-state index contributed by atoms with van der Waals surface area (Å²) in [5, 5.41) is 3.53. The first-order chi connectivity index (χ1) is 10.2. The third kappa shape index (κ3) is 3.98. The van der Waals surface area contributed by atoms with E-state index < -0.39 is 0 Å². The van der Waals surface area contributed by atoms with E-state index in [1.54, 1.807) is 0 Å². The Labute approximate surface area is 130 Å². The Morgan fingerprint density at radius 1 is 1.19 bits per heavy atom. The summed E-state index contributed by atoms with van der Waals surface area (Å²) in [6.45, 7) is 10.7. The van der Waals surface area contributed by atoms with Crippen LogP contribution in [0, 0.1) is 5.92 Å². The molecule has 124 valence electrons. The monoisotopic (exact) mass is 298 g/mol. The van der Waals surface area contributed by atoms with Gasteiger partial charge in [-0.15, -0.1) is 0 Å². The van der Waals surface area contributed by atoms with E-state index in [1.165, 1.54) is 19.4 Å². The maximum absolute atomic E-state index is 5.98. The van der Waals surface area contributed by atoms with Crippen LogP contribution in [0.25, 0.3) is 0 Å². The molecule has 21 heavy (non-hydrogen) atoms. The minimum Gasteiger partial charge on any atom is -0.347 e. The Bertz CT molecular complexity index is 301. The minimum atomic E-state index is -0.292. The van der Waals surface area contributed by atoms with Crippen LogP contribution in [0.3, 0.4) is 0 Å². The van der Waals surface area contributed by atoms with Crippen LogP contribution in [-0.2, 0) is 9.47 Å². The quantitative estimate of drug-likeness (QED) is 0.783. The molecule has 2 unspecified atom stereocenters. The predicted octanol–water partition coefficient (Wildman–Crippen LogP) is 2.63. The lowest BCUT2D eigenvalue weighted by Gasteiger charge is -2.46. The summed E-state index contributed by atoms with van der Waals surface area (Å²) >= 11 is 0. The molecule has 0 amide bonds. The zero-order chi connectivity index (χ0) is 15.3. The van der Waals surface area contributed by atoms with Crippen LogP contribution < -0.4 is 5.32 Å². The van der Waals surface area contributed by atoms with Gasteiger partial charge in [0.05, 0.1) is 13.2 Å². The Morgan fingerprint density at radius 2 is 1.86 bits per heavy atom. The SMILES string of the molecule is CCC(CC)CN(CC)C1CC2(CCC1NC)OCCO2. The molecular weight excluding hydrogens is 264 g/mol. The molecule has 1 heterocycles. The lowest BCUT2D eigenvalue weighted by Crippen LogP contribution is -2.57. The fourth-order valence-corrected chi connectivity index (χ4v) is 3.99. The summed E-state index contributed by atoms with van der Waals surface area (Å²) in [5.74, 6) is 0.505. The van der Waals surface area contributed by atoms with Gasteiger partial charge >= 0.3 is 0 Å². The number of likely N-dealkylation sites (N-methyl/N-ethyl adjacent to an activating group) is 2. The molecular formula is C17H34N2O2. The molecule has 4 nitrogen and oxygen atoms in total. The molecule has 2 aliphatic rings. The Hall–Kier alpha value is -0.160. The molecule has 1 spiro atoms. The van der Waals surface area contributed by atoms with Gasteiger partial charge < -0.3 is 14.8 Å². The van der Waals surface area contributed by atoms with E-state index >= 15 is 0 Å². The smallest absolute Gasteiger partial charge is 0.170 e. The van der Waals surface area contributed by atoms with Crippen molar-refractivity contribution in [2.24, 2.45) is 5.92 Å². The highest BCUT2D eigenvalue weighted by Gasteiger charge is 2.46. The summed E-state index contributed by atoms with van der Waals surface area (Å²) < 4.78 is 12.0. The van der Waals surface area contributed by atoms with Crippen LogP contribution in [0.4, 0.5) is 0 Å². The predicted molar refractivity (Wildman–Crippen MR) is 86.4 cm³/mol. The summed E-state index contributed by atoms with van der Waals surface area (Å²) in [4.78, 5) is 2.66.